The Morgan fingerprint density at radius 2 is 2.00 bits per heavy atom. The molecular weight excluding hydrogens is 386 g/mol. The lowest BCUT2D eigenvalue weighted by molar-refractivity contribution is -0.169. The quantitative estimate of drug-likeness (QED) is 0.747. The highest BCUT2D eigenvalue weighted by atomic mass is 79.9. The molecule has 1 amide bonds. The van der Waals surface area contributed by atoms with Gasteiger partial charge in [0.2, 0.25) is 6.29 Å². The first-order valence-corrected chi connectivity index (χ1v) is 9.35. The maximum atomic E-state index is 12.4. The minimum absolute atomic E-state index is 0.0103. The number of aliphatic hydroxyl groups excluding tert-OH is 1. The topological polar surface area (TPSA) is 59.0 Å². The number of halogens is 1. The van der Waals surface area contributed by atoms with Crippen LogP contribution in [0.2, 0.25) is 0 Å². The van der Waals surface area contributed by atoms with Gasteiger partial charge in [0.1, 0.15) is 0 Å². The van der Waals surface area contributed by atoms with E-state index in [4.69, 9.17) is 9.47 Å². The van der Waals surface area contributed by atoms with Crippen LogP contribution in [0, 0.1) is 5.92 Å². The number of rotatable bonds is 7. The Bertz CT molecular complexity index is 600. The summed E-state index contributed by atoms with van der Waals surface area (Å²) < 4.78 is 12.7. The summed E-state index contributed by atoms with van der Waals surface area (Å²) >= 11 is 3.46. The van der Waals surface area contributed by atoms with Crippen molar-refractivity contribution >= 4 is 21.8 Å². The number of carbonyl (C=O) groups is 1. The Labute approximate surface area is 157 Å². The summed E-state index contributed by atoms with van der Waals surface area (Å²) in [4.78, 5) is 13.9. The Morgan fingerprint density at radius 3 is 2.56 bits per heavy atom. The molecule has 0 aromatic heterocycles. The molecule has 1 aromatic rings. The molecule has 1 N–H and O–H groups in total. The van der Waals surface area contributed by atoms with Crippen molar-refractivity contribution in [2.45, 2.75) is 32.0 Å². The van der Waals surface area contributed by atoms with Crippen molar-refractivity contribution < 1.29 is 19.4 Å². The molecule has 0 spiro atoms. The Morgan fingerprint density at radius 1 is 1.32 bits per heavy atom. The predicted molar refractivity (Wildman–Crippen MR) is 100.0 cm³/mol. The molecule has 0 bridgehead atoms. The van der Waals surface area contributed by atoms with Crippen LogP contribution >= 0.6 is 15.9 Å². The van der Waals surface area contributed by atoms with E-state index in [1.54, 1.807) is 14.1 Å². The highest BCUT2D eigenvalue weighted by Gasteiger charge is 2.38. The molecule has 5 nitrogen and oxygen atoms in total. The van der Waals surface area contributed by atoms with Crippen molar-refractivity contribution in [2.75, 3.05) is 27.3 Å². The van der Waals surface area contributed by atoms with Crippen LogP contribution in [-0.2, 0) is 14.3 Å². The van der Waals surface area contributed by atoms with Crippen molar-refractivity contribution in [2.24, 2.45) is 5.92 Å². The normalized spacial score (nSPS) is 22.9. The van der Waals surface area contributed by atoms with E-state index in [9.17, 15) is 9.90 Å². The predicted octanol–water partition coefficient (Wildman–Crippen LogP) is 3.29. The van der Waals surface area contributed by atoms with Gasteiger partial charge < -0.3 is 19.5 Å². The molecule has 0 saturated heterocycles. The van der Waals surface area contributed by atoms with Gasteiger partial charge in [-0.3, -0.25) is 4.79 Å². The first-order chi connectivity index (χ1) is 12.0. The Hall–Kier alpha value is -1.37. The van der Waals surface area contributed by atoms with Crippen LogP contribution in [0.15, 0.2) is 40.6 Å². The van der Waals surface area contributed by atoms with Crippen LogP contribution in [0.5, 0.6) is 0 Å². The monoisotopic (exact) mass is 411 g/mol. The van der Waals surface area contributed by atoms with Gasteiger partial charge in [0, 0.05) is 43.6 Å². The van der Waals surface area contributed by atoms with Crippen molar-refractivity contribution in [3.63, 3.8) is 0 Å². The van der Waals surface area contributed by atoms with Crippen molar-refractivity contribution in [1.82, 2.24) is 4.90 Å². The van der Waals surface area contributed by atoms with Gasteiger partial charge in [0.05, 0.1) is 0 Å². The van der Waals surface area contributed by atoms with Crippen molar-refractivity contribution in [3.05, 3.63) is 46.1 Å². The number of likely N-dealkylation sites (N-methyl/N-ethyl adjacent to an activating group) is 1. The lowest BCUT2D eigenvalue weighted by Crippen LogP contribution is -2.38. The number of allylic oxidation sites excluding steroid dienone is 1. The molecule has 1 aromatic carbocycles. The minimum atomic E-state index is -0.505. The molecule has 0 fully saturated rings. The van der Waals surface area contributed by atoms with Crippen LogP contribution in [0.25, 0.3) is 0 Å². The third kappa shape index (κ3) is 5.06. The summed E-state index contributed by atoms with van der Waals surface area (Å²) in [5, 5.41) is 9.26. The maximum Gasteiger partial charge on any atom is 0.288 e. The first-order valence-electron chi connectivity index (χ1n) is 8.56. The molecule has 0 radical (unpaired) electrons. The highest BCUT2D eigenvalue weighted by Crippen LogP contribution is 2.39. The minimum Gasteiger partial charge on any atom is -0.459 e. The summed E-state index contributed by atoms with van der Waals surface area (Å²) in [5.41, 5.74) is 1.10. The van der Waals surface area contributed by atoms with Gasteiger partial charge in [0.25, 0.3) is 5.91 Å². The van der Waals surface area contributed by atoms with Crippen LogP contribution in [0.4, 0.5) is 0 Å². The number of benzene rings is 1. The zero-order chi connectivity index (χ0) is 18.4. The number of carbonyl (C=O) groups excluding carboxylic acids is 1. The fraction of sp³-hybridized carbons (Fsp3) is 0.526. The Balaban J connectivity index is 2.42. The summed E-state index contributed by atoms with van der Waals surface area (Å²) in [5.74, 6) is 0.167. The molecule has 25 heavy (non-hydrogen) atoms. The van der Waals surface area contributed by atoms with E-state index in [0.717, 1.165) is 16.5 Å². The van der Waals surface area contributed by atoms with Crippen LogP contribution in [-0.4, -0.2) is 49.5 Å². The molecular formula is C19H26BrNO4. The van der Waals surface area contributed by atoms with Gasteiger partial charge >= 0.3 is 0 Å². The number of amides is 1. The van der Waals surface area contributed by atoms with E-state index in [1.807, 2.05) is 37.3 Å². The summed E-state index contributed by atoms with van der Waals surface area (Å²) in [6.07, 6.45) is 2.80. The fourth-order valence-electron chi connectivity index (χ4n) is 3.04. The van der Waals surface area contributed by atoms with E-state index in [2.05, 4.69) is 15.9 Å². The average Bonchev–Trinajstić information content (AvgIpc) is 2.60. The van der Waals surface area contributed by atoms with E-state index in [-0.39, 0.29) is 24.3 Å². The second kappa shape index (κ2) is 9.36. The molecule has 0 unspecified atom stereocenters. The molecule has 1 heterocycles. The number of hydrogen-bond donors (Lipinski definition) is 1. The van der Waals surface area contributed by atoms with Crippen LogP contribution in [0.1, 0.15) is 31.2 Å². The average molecular weight is 412 g/mol. The van der Waals surface area contributed by atoms with Gasteiger partial charge in [-0.2, -0.15) is 0 Å². The van der Waals surface area contributed by atoms with E-state index in [1.165, 1.54) is 4.90 Å². The second-order valence-electron chi connectivity index (χ2n) is 6.28. The fourth-order valence-corrected chi connectivity index (χ4v) is 3.31. The lowest BCUT2D eigenvalue weighted by Gasteiger charge is -2.37. The van der Waals surface area contributed by atoms with Gasteiger partial charge in [0.15, 0.2) is 5.76 Å². The second-order valence-corrected chi connectivity index (χ2v) is 7.19. The molecule has 1 aliphatic rings. The summed E-state index contributed by atoms with van der Waals surface area (Å²) in [7, 11) is 3.41. The standard InChI is InChI=1S/C19H26BrNO4/c1-4-24-19-15(6-5-11-22)16(13-7-9-14(20)10-8-13)12-17(25-19)18(23)21(2)3/h7-10,12,15-16,19,22H,4-6,11H2,1-3H3/t15-,16+,19+/m1/s1. The first kappa shape index (κ1) is 19.9. The molecule has 0 aliphatic carbocycles. The number of nitrogens with zero attached hydrogens (tertiary/aromatic N) is 1. The maximum absolute atomic E-state index is 12.4. The number of hydrogen-bond acceptors (Lipinski definition) is 4. The van der Waals surface area contributed by atoms with Crippen LogP contribution in [0.3, 0.4) is 0 Å². The van der Waals surface area contributed by atoms with E-state index < -0.39 is 6.29 Å². The van der Waals surface area contributed by atoms with Gasteiger partial charge in [-0.05, 0) is 43.5 Å². The number of ether oxygens (including phenoxy) is 2. The van der Waals surface area contributed by atoms with Gasteiger partial charge in [-0.25, -0.2) is 0 Å². The van der Waals surface area contributed by atoms with E-state index in [0.29, 0.717) is 18.8 Å². The smallest absolute Gasteiger partial charge is 0.288 e. The van der Waals surface area contributed by atoms with Crippen molar-refractivity contribution in [3.8, 4) is 0 Å². The molecule has 6 heteroatoms. The Kier molecular flexibility index (Phi) is 7.47. The third-order valence-corrected chi connectivity index (χ3v) is 4.81. The summed E-state index contributed by atoms with van der Waals surface area (Å²) in [6, 6.07) is 8.07. The molecule has 1 aliphatic heterocycles. The van der Waals surface area contributed by atoms with Crippen LogP contribution < -0.4 is 0 Å². The zero-order valence-corrected chi connectivity index (χ0v) is 16.5. The van der Waals surface area contributed by atoms with E-state index >= 15 is 0 Å². The van der Waals surface area contributed by atoms with Gasteiger partial charge in [-0.15, -0.1) is 0 Å². The third-order valence-electron chi connectivity index (χ3n) is 4.28. The molecule has 2 rings (SSSR count). The lowest BCUT2D eigenvalue weighted by atomic mass is 9.80. The SMILES string of the molecule is CCO[C@H]1OC(C(=O)N(C)C)=C[C@@H](c2ccc(Br)cc2)[C@H]1CCCO. The van der Waals surface area contributed by atoms with Crippen molar-refractivity contribution in [1.29, 1.82) is 0 Å². The molecule has 0 saturated carbocycles. The zero-order valence-electron chi connectivity index (χ0n) is 14.9. The summed E-state index contributed by atoms with van der Waals surface area (Å²) in [6.45, 7) is 2.53. The highest BCUT2D eigenvalue weighted by molar-refractivity contribution is 9.10. The molecule has 3 atom stereocenters. The largest absolute Gasteiger partial charge is 0.459 e. The number of aliphatic hydroxyl groups is 1. The molecule has 138 valence electrons. The van der Waals surface area contributed by atoms with Gasteiger partial charge in [-0.1, -0.05) is 28.1 Å².